The molecule has 2 aromatic heterocycles. The lowest BCUT2D eigenvalue weighted by atomic mass is 10.2. The Kier molecular flexibility index (Phi) is 5.91. The molecule has 0 amide bonds. The van der Waals surface area contributed by atoms with Crippen molar-refractivity contribution in [3.05, 3.63) is 72.0 Å². The molecule has 0 N–H and O–H groups in total. The number of thioether (sulfide) groups is 1. The Hall–Kier alpha value is -3.17. The van der Waals surface area contributed by atoms with Crippen LogP contribution in [0.3, 0.4) is 0 Å². The minimum Gasteiger partial charge on any atom is -0.440 e. The molecule has 0 bridgehead atoms. The fourth-order valence-electron chi connectivity index (χ4n) is 3.57. The van der Waals surface area contributed by atoms with E-state index in [-0.39, 0.29) is 5.82 Å². The first kappa shape index (κ1) is 20.7. The van der Waals surface area contributed by atoms with E-state index in [0.29, 0.717) is 30.6 Å². The fourth-order valence-corrected chi connectivity index (χ4v) is 4.37. The third kappa shape index (κ3) is 4.39. The van der Waals surface area contributed by atoms with Crippen molar-refractivity contribution in [3.8, 4) is 17.0 Å². The number of morpholine rings is 1. The number of hydrogen-bond donors (Lipinski definition) is 0. The maximum absolute atomic E-state index is 13.2. The number of anilines is 1. The van der Waals surface area contributed by atoms with E-state index in [4.69, 9.17) is 9.15 Å². The summed E-state index contributed by atoms with van der Waals surface area (Å²) in [6.07, 6.45) is 1.66. The normalized spacial score (nSPS) is 14.1. The Morgan fingerprint density at radius 2 is 1.88 bits per heavy atom. The summed E-state index contributed by atoms with van der Waals surface area (Å²) in [5.74, 6) is 2.20. The fraction of sp³-hybridized carbons (Fsp3) is 0.261. The monoisotopic (exact) mass is 451 g/mol. The van der Waals surface area contributed by atoms with Gasteiger partial charge in [0, 0.05) is 18.7 Å². The SMILES string of the molecule is Cc1cccc(-n2c(SCc3ncc(-c4ccc(F)cc4)o3)nnc2N2CCOCC2)c1. The third-order valence-corrected chi connectivity index (χ3v) is 6.09. The van der Waals surface area contributed by atoms with Crippen LogP contribution in [0.1, 0.15) is 11.5 Å². The third-order valence-electron chi connectivity index (χ3n) is 5.18. The summed E-state index contributed by atoms with van der Waals surface area (Å²) in [4.78, 5) is 6.57. The van der Waals surface area contributed by atoms with Crippen molar-refractivity contribution in [2.75, 3.05) is 31.2 Å². The number of oxazole rings is 1. The van der Waals surface area contributed by atoms with Gasteiger partial charge in [0.15, 0.2) is 10.9 Å². The summed E-state index contributed by atoms with van der Waals surface area (Å²) in [6.45, 7) is 4.96. The number of rotatable bonds is 6. The maximum atomic E-state index is 13.2. The molecule has 0 unspecified atom stereocenters. The molecule has 0 aliphatic carbocycles. The summed E-state index contributed by atoms with van der Waals surface area (Å²) in [5.41, 5.74) is 2.96. The van der Waals surface area contributed by atoms with E-state index in [0.717, 1.165) is 41.0 Å². The largest absolute Gasteiger partial charge is 0.440 e. The zero-order chi connectivity index (χ0) is 21.9. The molecule has 3 heterocycles. The molecule has 7 nitrogen and oxygen atoms in total. The van der Waals surface area contributed by atoms with E-state index in [9.17, 15) is 4.39 Å². The van der Waals surface area contributed by atoms with Gasteiger partial charge in [0.1, 0.15) is 5.82 Å². The highest BCUT2D eigenvalue weighted by Gasteiger charge is 2.22. The van der Waals surface area contributed by atoms with Crippen LogP contribution in [-0.4, -0.2) is 46.1 Å². The van der Waals surface area contributed by atoms with Gasteiger partial charge in [-0.25, -0.2) is 9.37 Å². The van der Waals surface area contributed by atoms with Crippen LogP contribution in [0.4, 0.5) is 10.3 Å². The van der Waals surface area contributed by atoms with Crippen LogP contribution in [-0.2, 0) is 10.5 Å². The van der Waals surface area contributed by atoms with Crippen molar-refractivity contribution in [3.63, 3.8) is 0 Å². The van der Waals surface area contributed by atoms with Gasteiger partial charge in [-0.05, 0) is 48.9 Å². The molecular formula is C23H22FN5O2S. The van der Waals surface area contributed by atoms with Gasteiger partial charge < -0.3 is 14.1 Å². The van der Waals surface area contributed by atoms with E-state index >= 15 is 0 Å². The van der Waals surface area contributed by atoms with Gasteiger partial charge in [-0.15, -0.1) is 10.2 Å². The minimum atomic E-state index is -0.282. The molecule has 0 saturated carbocycles. The second-order valence-corrected chi connectivity index (χ2v) is 8.41. The minimum absolute atomic E-state index is 0.282. The number of ether oxygens (including phenoxy) is 1. The van der Waals surface area contributed by atoms with Gasteiger partial charge in [-0.1, -0.05) is 23.9 Å². The lowest BCUT2D eigenvalue weighted by molar-refractivity contribution is 0.122. The number of benzene rings is 2. The Bertz CT molecular complexity index is 1200. The second kappa shape index (κ2) is 9.13. The first-order chi connectivity index (χ1) is 15.7. The van der Waals surface area contributed by atoms with E-state index in [1.165, 1.54) is 23.9 Å². The molecule has 0 spiro atoms. The van der Waals surface area contributed by atoms with E-state index in [1.54, 1.807) is 18.3 Å². The quantitative estimate of drug-likeness (QED) is 0.400. The molecule has 5 rings (SSSR count). The van der Waals surface area contributed by atoms with Crippen LogP contribution in [0.5, 0.6) is 0 Å². The summed E-state index contributed by atoms with van der Waals surface area (Å²) < 4.78 is 26.6. The number of halogens is 1. The summed E-state index contributed by atoms with van der Waals surface area (Å²) >= 11 is 1.51. The van der Waals surface area contributed by atoms with Crippen LogP contribution in [0, 0.1) is 12.7 Å². The average molecular weight is 452 g/mol. The van der Waals surface area contributed by atoms with Crippen molar-refractivity contribution in [2.45, 2.75) is 17.8 Å². The van der Waals surface area contributed by atoms with E-state index in [1.807, 2.05) is 6.07 Å². The van der Waals surface area contributed by atoms with E-state index < -0.39 is 0 Å². The van der Waals surface area contributed by atoms with Gasteiger partial charge in [-0.3, -0.25) is 4.57 Å². The Balaban J connectivity index is 1.40. The van der Waals surface area contributed by atoms with Crippen LogP contribution in [0.15, 0.2) is 64.3 Å². The number of nitrogens with zero attached hydrogens (tertiary/aromatic N) is 5. The number of hydrogen-bond acceptors (Lipinski definition) is 7. The molecular weight excluding hydrogens is 429 g/mol. The number of aromatic nitrogens is 4. The van der Waals surface area contributed by atoms with Gasteiger partial charge in [0.25, 0.3) is 0 Å². The van der Waals surface area contributed by atoms with Crippen LogP contribution in [0.2, 0.25) is 0 Å². The Morgan fingerprint density at radius 3 is 2.66 bits per heavy atom. The molecule has 164 valence electrons. The molecule has 1 aliphatic heterocycles. The molecule has 0 atom stereocenters. The molecule has 32 heavy (non-hydrogen) atoms. The van der Waals surface area contributed by atoms with Crippen molar-refractivity contribution in [1.29, 1.82) is 0 Å². The highest BCUT2D eigenvalue weighted by Crippen LogP contribution is 2.30. The molecule has 0 radical (unpaired) electrons. The number of aryl methyl sites for hydroxylation is 1. The topological polar surface area (TPSA) is 69.2 Å². The molecule has 1 saturated heterocycles. The van der Waals surface area contributed by atoms with Gasteiger partial charge in [0.05, 0.1) is 30.9 Å². The lowest BCUT2D eigenvalue weighted by Crippen LogP contribution is -2.37. The highest BCUT2D eigenvalue weighted by molar-refractivity contribution is 7.98. The zero-order valence-electron chi connectivity index (χ0n) is 17.6. The maximum Gasteiger partial charge on any atom is 0.232 e. The molecule has 4 aromatic rings. The van der Waals surface area contributed by atoms with Crippen molar-refractivity contribution in [1.82, 2.24) is 19.7 Å². The van der Waals surface area contributed by atoms with Gasteiger partial charge >= 0.3 is 0 Å². The smallest absolute Gasteiger partial charge is 0.232 e. The van der Waals surface area contributed by atoms with Crippen molar-refractivity contribution < 1.29 is 13.5 Å². The molecule has 1 fully saturated rings. The van der Waals surface area contributed by atoms with Gasteiger partial charge in [-0.2, -0.15) is 0 Å². The first-order valence-corrected chi connectivity index (χ1v) is 11.3. The van der Waals surface area contributed by atoms with Crippen LogP contribution < -0.4 is 4.90 Å². The standard InChI is InChI=1S/C23H22FN5O2S/c1-16-3-2-4-19(13-16)29-22(28-9-11-30-12-10-28)26-27-23(29)32-15-21-25-14-20(31-21)17-5-7-18(24)8-6-17/h2-8,13-14H,9-12,15H2,1H3. The van der Waals surface area contributed by atoms with E-state index in [2.05, 4.69) is 49.8 Å². The van der Waals surface area contributed by atoms with Gasteiger partial charge in [0.2, 0.25) is 11.8 Å². The van der Waals surface area contributed by atoms with Crippen molar-refractivity contribution in [2.24, 2.45) is 0 Å². The highest BCUT2D eigenvalue weighted by atomic mass is 32.2. The predicted octanol–water partition coefficient (Wildman–Crippen LogP) is 4.50. The summed E-state index contributed by atoms with van der Waals surface area (Å²) in [7, 11) is 0. The van der Waals surface area contributed by atoms with Crippen molar-refractivity contribution >= 4 is 17.7 Å². The first-order valence-electron chi connectivity index (χ1n) is 10.4. The lowest BCUT2D eigenvalue weighted by Gasteiger charge is -2.28. The summed E-state index contributed by atoms with van der Waals surface area (Å²) in [6, 6.07) is 14.4. The average Bonchev–Trinajstić information content (AvgIpc) is 3.46. The zero-order valence-corrected chi connectivity index (χ0v) is 18.4. The van der Waals surface area contributed by atoms with Crippen LogP contribution in [0.25, 0.3) is 17.0 Å². The molecule has 2 aromatic carbocycles. The second-order valence-electron chi connectivity index (χ2n) is 7.47. The van der Waals surface area contributed by atoms with Crippen LogP contribution >= 0.6 is 11.8 Å². The molecule has 1 aliphatic rings. The predicted molar refractivity (Wildman–Crippen MR) is 121 cm³/mol. The Labute approximate surface area is 189 Å². The summed E-state index contributed by atoms with van der Waals surface area (Å²) in [5, 5.41) is 9.73. The molecule has 9 heteroatoms. The Morgan fingerprint density at radius 1 is 1.06 bits per heavy atom.